The highest BCUT2D eigenvalue weighted by Gasteiger charge is 2.27. The Bertz CT molecular complexity index is 548. The number of guanidine groups is 1. The van der Waals surface area contributed by atoms with E-state index in [4.69, 9.17) is 0 Å². The van der Waals surface area contributed by atoms with Crippen molar-refractivity contribution in [3.63, 3.8) is 0 Å². The molecule has 1 aliphatic rings. The van der Waals surface area contributed by atoms with Crippen LogP contribution in [0.25, 0.3) is 0 Å². The van der Waals surface area contributed by atoms with Crippen molar-refractivity contribution in [1.82, 2.24) is 15.5 Å². The number of rotatable bonds is 6. The highest BCUT2D eigenvalue weighted by molar-refractivity contribution is 14.0. The van der Waals surface area contributed by atoms with Gasteiger partial charge >= 0.3 is 0 Å². The van der Waals surface area contributed by atoms with Gasteiger partial charge < -0.3 is 20.4 Å². The number of halogens is 3. The third-order valence-corrected chi connectivity index (χ3v) is 4.08. The van der Waals surface area contributed by atoms with E-state index >= 15 is 0 Å². The van der Waals surface area contributed by atoms with Gasteiger partial charge in [0.25, 0.3) is 0 Å². The van der Waals surface area contributed by atoms with E-state index in [1.165, 1.54) is 18.2 Å². The van der Waals surface area contributed by atoms with Crippen molar-refractivity contribution in [2.24, 2.45) is 4.99 Å². The average Bonchev–Trinajstić information content (AvgIpc) is 2.98. The number of hydrogen-bond acceptors (Lipinski definition) is 3. The lowest BCUT2D eigenvalue weighted by Crippen LogP contribution is -2.45. The van der Waals surface area contributed by atoms with E-state index in [9.17, 15) is 8.78 Å². The Kier molecular flexibility index (Phi) is 9.41. The molecule has 1 saturated heterocycles. The minimum atomic E-state index is -0.512. The predicted octanol–water partition coefficient (Wildman–Crippen LogP) is 2.28. The molecule has 0 aliphatic carbocycles. The molecule has 142 valence electrons. The Morgan fingerprint density at radius 3 is 2.60 bits per heavy atom. The molecule has 0 saturated carbocycles. The molecule has 1 aliphatic heterocycles. The van der Waals surface area contributed by atoms with Crippen LogP contribution in [0.4, 0.5) is 14.5 Å². The Labute approximate surface area is 165 Å². The van der Waals surface area contributed by atoms with Gasteiger partial charge in [0.2, 0.25) is 0 Å². The second-order valence-electron chi connectivity index (χ2n) is 6.30. The summed E-state index contributed by atoms with van der Waals surface area (Å²) < 4.78 is 27.8. The summed E-state index contributed by atoms with van der Waals surface area (Å²) in [5, 5.41) is 6.61. The van der Waals surface area contributed by atoms with Crippen molar-refractivity contribution in [2.45, 2.75) is 18.9 Å². The zero-order valence-corrected chi connectivity index (χ0v) is 17.4. The maximum absolute atomic E-state index is 13.9. The molecule has 1 unspecified atom stereocenters. The van der Waals surface area contributed by atoms with Crippen molar-refractivity contribution < 1.29 is 8.78 Å². The molecule has 5 nitrogen and oxygen atoms in total. The lowest BCUT2D eigenvalue weighted by atomic mass is 10.2. The van der Waals surface area contributed by atoms with Crippen molar-refractivity contribution in [1.29, 1.82) is 0 Å². The quantitative estimate of drug-likeness (QED) is 0.292. The van der Waals surface area contributed by atoms with Gasteiger partial charge in [0.15, 0.2) is 5.96 Å². The fraction of sp³-hybridized carbons (Fsp3) is 0.588. The molecule has 0 aromatic heterocycles. The smallest absolute Gasteiger partial charge is 0.191 e. The molecule has 1 aromatic carbocycles. The highest BCUT2D eigenvalue weighted by Crippen LogP contribution is 2.26. The van der Waals surface area contributed by atoms with Crippen LogP contribution in [0.5, 0.6) is 0 Å². The van der Waals surface area contributed by atoms with Gasteiger partial charge in [0.1, 0.15) is 17.3 Å². The fourth-order valence-electron chi connectivity index (χ4n) is 2.86. The topological polar surface area (TPSA) is 42.9 Å². The zero-order chi connectivity index (χ0) is 17.5. The van der Waals surface area contributed by atoms with Crippen molar-refractivity contribution in [3.8, 4) is 0 Å². The molecule has 8 heteroatoms. The predicted molar refractivity (Wildman–Crippen MR) is 110 cm³/mol. The van der Waals surface area contributed by atoms with E-state index in [0.717, 1.165) is 31.9 Å². The molecule has 0 bridgehead atoms. The van der Waals surface area contributed by atoms with E-state index in [0.29, 0.717) is 13.1 Å². The van der Waals surface area contributed by atoms with Crippen molar-refractivity contribution >= 4 is 35.6 Å². The van der Waals surface area contributed by atoms with Crippen LogP contribution in [0.1, 0.15) is 12.8 Å². The van der Waals surface area contributed by atoms with E-state index in [1.807, 2.05) is 14.1 Å². The lowest BCUT2D eigenvalue weighted by Gasteiger charge is -2.21. The van der Waals surface area contributed by atoms with Crippen LogP contribution in [0.15, 0.2) is 23.2 Å². The number of nitrogens with zero attached hydrogens (tertiary/aromatic N) is 3. The first-order valence-corrected chi connectivity index (χ1v) is 8.32. The van der Waals surface area contributed by atoms with Gasteiger partial charge in [-0.25, -0.2) is 8.78 Å². The largest absolute Gasteiger partial charge is 0.365 e. The third-order valence-electron chi connectivity index (χ3n) is 4.08. The number of anilines is 1. The van der Waals surface area contributed by atoms with Gasteiger partial charge in [-0.05, 0) is 45.6 Å². The fourth-order valence-corrected chi connectivity index (χ4v) is 2.86. The monoisotopic (exact) mass is 467 g/mol. The summed E-state index contributed by atoms with van der Waals surface area (Å²) in [4.78, 5) is 8.10. The molecule has 0 amide bonds. The molecule has 1 heterocycles. The Hall–Kier alpha value is -1.16. The Balaban J connectivity index is 0.00000312. The average molecular weight is 467 g/mol. The summed E-state index contributed by atoms with van der Waals surface area (Å²) in [7, 11) is 5.81. The zero-order valence-electron chi connectivity index (χ0n) is 15.1. The number of aliphatic imine (C=N–C) groups is 1. The summed E-state index contributed by atoms with van der Waals surface area (Å²) in [6.07, 6.45) is 1.83. The first-order chi connectivity index (χ1) is 11.5. The molecule has 2 rings (SSSR count). The number of nitrogens with one attached hydrogen (secondary N) is 2. The van der Waals surface area contributed by atoms with Gasteiger partial charge in [-0.3, -0.25) is 4.99 Å². The second kappa shape index (κ2) is 10.7. The molecule has 1 aromatic rings. The molecule has 1 fully saturated rings. The number of hydrogen-bond donors (Lipinski definition) is 2. The van der Waals surface area contributed by atoms with Gasteiger partial charge in [0.05, 0.1) is 0 Å². The Morgan fingerprint density at radius 1 is 1.32 bits per heavy atom. The van der Waals surface area contributed by atoms with Crippen LogP contribution in [0, 0.1) is 11.6 Å². The van der Waals surface area contributed by atoms with Gasteiger partial charge in [-0.15, -0.1) is 24.0 Å². The maximum atomic E-state index is 13.9. The van der Waals surface area contributed by atoms with Crippen LogP contribution < -0.4 is 15.5 Å². The molecule has 2 N–H and O–H groups in total. The lowest BCUT2D eigenvalue weighted by molar-refractivity contribution is 0.399. The summed E-state index contributed by atoms with van der Waals surface area (Å²) in [5.74, 6) is -0.293. The molecular formula is C17H28F2IN5. The first kappa shape index (κ1) is 21.9. The van der Waals surface area contributed by atoms with Gasteiger partial charge in [0, 0.05) is 32.7 Å². The standard InChI is InChI=1S/C17H27F2N5.HI/c1-20-17(21-9-5-10-23(2)3)22-13-8-11-24(12-13)16-14(18)6-4-7-15(16)19;/h4,6-7,13H,5,8-12H2,1-3H3,(H2,20,21,22);1H. The van der Waals surface area contributed by atoms with Crippen LogP contribution in [0.3, 0.4) is 0 Å². The minimum Gasteiger partial charge on any atom is -0.365 e. The van der Waals surface area contributed by atoms with Crippen LogP contribution in [-0.2, 0) is 0 Å². The SMILES string of the molecule is CN=C(NCCCN(C)C)NC1CCN(c2c(F)cccc2F)C1.I. The number of benzene rings is 1. The second-order valence-corrected chi connectivity index (χ2v) is 6.30. The summed E-state index contributed by atoms with van der Waals surface area (Å²) in [5.41, 5.74) is 0.0655. The molecule has 25 heavy (non-hydrogen) atoms. The highest BCUT2D eigenvalue weighted by atomic mass is 127. The summed E-state index contributed by atoms with van der Waals surface area (Å²) in [6, 6.07) is 4.10. The van der Waals surface area contributed by atoms with Gasteiger partial charge in [-0.1, -0.05) is 6.07 Å². The first-order valence-electron chi connectivity index (χ1n) is 8.32. The summed E-state index contributed by atoms with van der Waals surface area (Å²) in [6.45, 7) is 3.01. The van der Waals surface area contributed by atoms with Crippen molar-refractivity contribution in [3.05, 3.63) is 29.8 Å². The van der Waals surface area contributed by atoms with Crippen LogP contribution >= 0.6 is 24.0 Å². The van der Waals surface area contributed by atoms with E-state index in [-0.39, 0.29) is 35.7 Å². The third kappa shape index (κ3) is 6.58. The number of para-hydroxylation sites is 1. The summed E-state index contributed by atoms with van der Waals surface area (Å²) >= 11 is 0. The molecule has 0 spiro atoms. The van der Waals surface area contributed by atoms with E-state index < -0.39 is 11.6 Å². The van der Waals surface area contributed by atoms with Crippen LogP contribution in [0.2, 0.25) is 0 Å². The van der Waals surface area contributed by atoms with E-state index in [1.54, 1.807) is 11.9 Å². The Morgan fingerprint density at radius 2 is 2.00 bits per heavy atom. The normalized spacial score (nSPS) is 17.6. The molecule has 1 atom stereocenters. The maximum Gasteiger partial charge on any atom is 0.191 e. The molecular weight excluding hydrogens is 439 g/mol. The minimum absolute atomic E-state index is 0. The van der Waals surface area contributed by atoms with Crippen LogP contribution in [-0.4, -0.2) is 64.2 Å². The molecule has 0 radical (unpaired) electrons. The van der Waals surface area contributed by atoms with Crippen molar-refractivity contribution in [2.75, 3.05) is 52.2 Å². The van der Waals surface area contributed by atoms with E-state index in [2.05, 4.69) is 20.5 Å². The van der Waals surface area contributed by atoms with Gasteiger partial charge in [-0.2, -0.15) is 0 Å².